The first-order valence-corrected chi connectivity index (χ1v) is 6.89. The number of Topliss-reactive ketones (excluding diaryl/α,β-unsaturated/α-hetero) is 1. The number of hydrogen-bond acceptors (Lipinski definition) is 4. The molecule has 1 aromatic heterocycles. The molecule has 0 radical (unpaired) electrons. The van der Waals surface area contributed by atoms with Crippen LogP contribution in [0.4, 0.5) is 0 Å². The van der Waals surface area contributed by atoms with Gasteiger partial charge in [0.1, 0.15) is 0 Å². The van der Waals surface area contributed by atoms with Crippen molar-refractivity contribution in [3.8, 4) is 0 Å². The highest BCUT2D eigenvalue weighted by molar-refractivity contribution is 7.08. The third-order valence-corrected chi connectivity index (χ3v) is 3.12. The number of esters is 1. The molecule has 0 saturated carbocycles. The van der Waals surface area contributed by atoms with Crippen LogP contribution in [0.15, 0.2) is 16.8 Å². The van der Waals surface area contributed by atoms with Crippen LogP contribution in [0.1, 0.15) is 49.4 Å². The van der Waals surface area contributed by atoms with Gasteiger partial charge in [-0.1, -0.05) is 6.42 Å². The number of thiophene rings is 1. The predicted molar refractivity (Wildman–Crippen MR) is 68.4 cm³/mol. The average molecular weight is 254 g/mol. The molecule has 0 atom stereocenters. The van der Waals surface area contributed by atoms with Crippen molar-refractivity contribution in [2.75, 3.05) is 6.61 Å². The Morgan fingerprint density at radius 2 is 2.00 bits per heavy atom. The van der Waals surface area contributed by atoms with E-state index in [1.807, 2.05) is 16.8 Å². The summed E-state index contributed by atoms with van der Waals surface area (Å²) in [5, 5.41) is 3.79. The number of ketones is 1. The van der Waals surface area contributed by atoms with Crippen molar-refractivity contribution in [2.24, 2.45) is 0 Å². The lowest BCUT2D eigenvalue weighted by atomic mass is 10.1. The van der Waals surface area contributed by atoms with Crippen LogP contribution in [-0.2, 0) is 9.53 Å². The van der Waals surface area contributed by atoms with E-state index in [1.54, 1.807) is 6.92 Å². The molecular weight excluding hydrogens is 236 g/mol. The first-order valence-electron chi connectivity index (χ1n) is 5.95. The van der Waals surface area contributed by atoms with Crippen molar-refractivity contribution in [2.45, 2.75) is 39.0 Å². The Hall–Kier alpha value is -1.16. The molecule has 0 aliphatic carbocycles. The van der Waals surface area contributed by atoms with Crippen LogP contribution >= 0.6 is 11.3 Å². The Morgan fingerprint density at radius 3 is 2.65 bits per heavy atom. The second-order valence-corrected chi connectivity index (χ2v) is 4.58. The molecule has 0 fully saturated rings. The molecule has 0 unspecified atom stereocenters. The molecule has 1 aromatic rings. The smallest absolute Gasteiger partial charge is 0.305 e. The van der Waals surface area contributed by atoms with E-state index in [9.17, 15) is 9.59 Å². The van der Waals surface area contributed by atoms with Crippen molar-refractivity contribution in [3.63, 3.8) is 0 Å². The van der Waals surface area contributed by atoms with Gasteiger partial charge in [-0.25, -0.2) is 0 Å². The maximum Gasteiger partial charge on any atom is 0.305 e. The normalized spacial score (nSPS) is 10.2. The van der Waals surface area contributed by atoms with Crippen molar-refractivity contribution in [1.29, 1.82) is 0 Å². The lowest BCUT2D eigenvalue weighted by Gasteiger charge is -2.01. The fourth-order valence-electron chi connectivity index (χ4n) is 1.53. The molecule has 1 rings (SSSR count). The van der Waals surface area contributed by atoms with E-state index in [-0.39, 0.29) is 11.8 Å². The summed E-state index contributed by atoms with van der Waals surface area (Å²) in [7, 11) is 0. The van der Waals surface area contributed by atoms with Gasteiger partial charge in [0, 0.05) is 23.8 Å². The second-order valence-electron chi connectivity index (χ2n) is 3.80. The van der Waals surface area contributed by atoms with Crippen molar-refractivity contribution < 1.29 is 14.3 Å². The zero-order valence-corrected chi connectivity index (χ0v) is 10.9. The zero-order chi connectivity index (χ0) is 12.5. The monoisotopic (exact) mass is 254 g/mol. The van der Waals surface area contributed by atoms with Gasteiger partial charge in [0.2, 0.25) is 0 Å². The van der Waals surface area contributed by atoms with Gasteiger partial charge in [-0.3, -0.25) is 9.59 Å². The van der Waals surface area contributed by atoms with Gasteiger partial charge in [-0.15, -0.1) is 0 Å². The zero-order valence-electron chi connectivity index (χ0n) is 10.1. The molecule has 0 aromatic carbocycles. The molecule has 4 heteroatoms. The third-order valence-electron chi connectivity index (χ3n) is 2.43. The van der Waals surface area contributed by atoms with E-state index in [2.05, 4.69) is 0 Å². The van der Waals surface area contributed by atoms with Gasteiger partial charge >= 0.3 is 5.97 Å². The summed E-state index contributed by atoms with van der Waals surface area (Å²) in [6.45, 7) is 2.24. The van der Waals surface area contributed by atoms with Gasteiger partial charge in [0.25, 0.3) is 0 Å². The number of hydrogen-bond donors (Lipinski definition) is 0. The summed E-state index contributed by atoms with van der Waals surface area (Å²) in [4.78, 5) is 22.7. The van der Waals surface area contributed by atoms with E-state index in [1.165, 1.54) is 11.3 Å². The highest BCUT2D eigenvalue weighted by atomic mass is 32.1. The molecule has 0 aliphatic heterocycles. The molecule has 0 aliphatic rings. The molecule has 0 N–H and O–H groups in total. The minimum Gasteiger partial charge on any atom is -0.466 e. The predicted octanol–water partition coefficient (Wildman–Crippen LogP) is 3.44. The van der Waals surface area contributed by atoms with Crippen LogP contribution in [0.25, 0.3) is 0 Å². The van der Waals surface area contributed by atoms with E-state index >= 15 is 0 Å². The molecule has 0 saturated heterocycles. The lowest BCUT2D eigenvalue weighted by molar-refractivity contribution is -0.143. The standard InChI is InChI=1S/C13H18O3S/c1-2-16-13(15)7-5-3-4-6-12(14)11-8-9-17-10-11/h8-10H,2-7H2,1H3. The van der Waals surface area contributed by atoms with Crippen molar-refractivity contribution in [3.05, 3.63) is 22.4 Å². The first-order chi connectivity index (χ1) is 8.24. The summed E-state index contributed by atoms with van der Waals surface area (Å²) in [5.41, 5.74) is 0.806. The lowest BCUT2D eigenvalue weighted by Crippen LogP contribution is -2.03. The maximum absolute atomic E-state index is 11.6. The maximum atomic E-state index is 11.6. The highest BCUT2D eigenvalue weighted by Gasteiger charge is 2.06. The molecule has 3 nitrogen and oxygen atoms in total. The van der Waals surface area contributed by atoms with Gasteiger partial charge in [-0.05, 0) is 31.2 Å². The minimum atomic E-state index is -0.142. The van der Waals surface area contributed by atoms with Crippen molar-refractivity contribution >= 4 is 23.1 Å². The van der Waals surface area contributed by atoms with Crippen LogP contribution in [0.3, 0.4) is 0 Å². The number of ether oxygens (including phenoxy) is 1. The number of unbranched alkanes of at least 4 members (excludes halogenated alkanes) is 2. The quantitative estimate of drug-likeness (QED) is 0.405. The molecular formula is C13H18O3S. The second kappa shape index (κ2) is 8.01. The summed E-state index contributed by atoms with van der Waals surface area (Å²) in [5.74, 6) is 0.0547. The summed E-state index contributed by atoms with van der Waals surface area (Å²) in [6, 6.07) is 1.85. The number of rotatable bonds is 8. The SMILES string of the molecule is CCOC(=O)CCCCCC(=O)c1ccsc1. The topological polar surface area (TPSA) is 43.4 Å². The molecule has 0 amide bonds. The Kier molecular flexibility index (Phi) is 6.55. The molecule has 94 valence electrons. The number of carbonyl (C=O) groups is 2. The average Bonchev–Trinajstić information content (AvgIpc) is 2.82. The summed E-state index contributed by atoms with van der Waals surface area (Å²) in [6.07, 6.45) is 3.57. The Labute approximate surface area is 106 Å². The van der Waals surface area contributed by atoms with Crippen LogP contribution in [-0.4, -0.2) is 18.4 Å². The summed E-state index contributed by atoms with van der Waals surface area (Å²) < 4.78 is 4.82. The van der Waals surface area contributed by atoms with E-state index in [0.717, 1.165) is 24.8 Å². The molecule has 0 spiro atoms. The largest absolute Gasteiger partial charge is 0.466 e. The van der Waals surface area contributed by atoms with Gasteiger partial charge in [-0.2, -0.15) is 11.3 Å². The first kappa shape index (κ1) is 13.9. The van der Waals surface area contributed by atoms with E-state index in [4.69, 9.17) is 4.74 Å². The Balaban J connectivity index is 2.05. The van der Waals surface area contributed by atoms with Crippen LogP contribution in [0.5, 0.6) is 0 Å². The fraction of sp³-hybridized carbons (Fsp3) is 0.538. The van der Waals surface area contributed by atoms with Gasteiger partial charge in [0.05, 0.1) is 6.61 Å². The molecule has 1 heterocycles. The highest BCUT2D eigenvalue weighted by Crippen LogP contribution is 2.12. The molecule has 17 heavy (non-hydrogen) atoms. The molecule has 0 bridgehead atoms. The van der Waals surface area contributed by atoms with Gasteiger partial charge < -0.3 is 4.74 Å². The van der Waals surface area contributed by atoms with Crippen LogP contribution in [0, 0.1) is 0 Å². The summed E-state index contributed by atoms with van der Waals surface area (Å²) >= 11 is 1.54. The number of carbonyl (C=O) groups excluding carboxylic acids is 2. The minimum absolute atomic E-state index is 0.142. The van der Waals surface area contributed by atoms with Crippen LogP contribution < -0.4 is 0 Å². The van der Waals surface area contributed by atoms with E-state index < -0.39 is 0 Å². The third kappa shape index (κ3) is 5.63. The van der Waals surface area contributed by atoms with E-state index in [0.29, 0.717) is 19.4 Å². The van der Waals surface area contributed by atoms with Crippen molar-refractivity contribution in [1.82, 2.24) is 0 Å². The Morgan fingerprint density at radius 1 is 1.24 bits per heavy atom. The fourth-order valence-corrected chi connectivity index (χ4v) is 2.19. The van der Waals surface area contributed by atoms with Gasteiger partial charge in [0.15, 0.2) is 5.78 Å². The van der Waals surface area contributed by atoms with Crippen LogP contribution in [0.2, 0.25) is 0 Å². The Bertz CT molecular complexity index is 344.